The minimum atomic E-state index is -0.630. The van der Waals surface area contributed by atoms with Crippen molar-refractivity contribution in [2.24, 2.45) is 4.99 Å². The lowest BCUT2D eigenvalue weighted by atomic mass is 10.1. The van der Waals surface area contributed by atoms with Crippen LogP contribution in [-0.2, 0) is 13.0 Å². The van der Waals surface area contributed by atoms with E-state index in [4.69, 9.17) is 0 Å². The standard InChI is InChI=1S/C17H17F4N3/c1-22-17(24-10-12-8-13(18)2-3-16(12)21)23-5-4-11-6-14(19)9-15(20)7-11/h2-3,6-9H,4-5,10H2,1H3,(H2,22,23,24). The van der Waals surface area contributed by atoms with Gasteiger partial charge in [-0.15, -0.1) is 0 Å². The molecule has 0 aliphatic rings. The molecule has 2 N–H and O–H groups in total. The van der Waals surface area contributed by atoms with Gasteiger partial charge < -0.3 is 10.6 Å². The van der Waals surface area contributed by atoms with E-state index in [0.717, 1.165) is 24.3 Å². The molecule has 2 aromatic carbocycles. The fourth-order valence-corrected chi connectivity index (χ4v) is 2.16. The molecule has 3 nitrogen and oxygen atoms in total. The van der Waals surface area contributed by atoms with E-state index in [1.165, 1.54) is 19.2 Å². The fraction of sp³-hybridized carbons (Fsp3) is 0.235. The first-order chi connectivity index (χ1) is 11.5. The molecule has 0 aliphatic carbocycles. The average Bonchev–Trinajstić information content (AvgIpc) is 2.52. The first-order valence-electron chi connectivity index (χ1n) is 7.31. The number of hydrogen-bond donors (Lipinski definition) is 2. The predicted molar refractivity (Wildman–Crippen MR) is 84.6 cm³/mol. The first-order valence-corrected chi connectivity index (χ1v) is 7.31. The lowest BCUT2D eigenvalue weighted by Crippen LogP contribution is -2.38. The van der Waals surface area contributed by atoms with Gasteiger partial charge in [0.2, 0.25) is 0 Å². The molecule has 0 bridgehead atoms. The predicted octanol–water partition coefficient (Wildman–Crippen LogP) is 3.15. The molecule has 2 aromatic rings. The van der Waals surface area contributed by atoms with Crippen LogP contribution in [-0.4, -0.2) is 19.6 Å². The quantitative estimate of drug-likeness (QED) is 0.499. The van der Waals surface area contributed by atoms with Crippen molar-refractivity contribution in [2.75, 3.05) is 13.6 Å². The van der Waals surface area contributed by atoms with Gasteiger partial charge in [-0.3, -0.25) is 4.99 Å². The highest BCUT2D eigenvalue weighted by molar-refractivity contribution is 5.79. The average molecular weight is 339 g/mol. The fourth-order valence-electron chi connectivity index (χ4n) is 2.16. The zero-order valence-corrected chi connectivity index (χ0v) is 13.0. The molecule has 0 amide bonds. The molecule has 0 radical (unpaired) electrons. The van der Waals surface area contributed by atoms with Crippen LogP contribution in [0.15, 0.2) is 41.4 Å². The lowest BCUT2D eigenvalue weighted by molar-refractivity contribution is 0.578. The van der Waals surface area contributed by atoms with Crippen LogP contribution in [0.5, 0.6) is 0 Å². The summed E-state index contributed by atoms with van der Waals surface area (Å²) in [4.78, 5) is 3.95. The molecule has 24 heavy (non-hydrogen) atoms. The molecule has 0 fully saturated rings. The van der Waals surface area contributed by atoms with Crippen molar-refractivity contribution in [3.8, 4) is 0 Å². The van der Waals surface area contributed by atoms with Crippen LogP contribution in [0.25, 0.3) is 0 Å². The lowest BCUT2D eigenvalue weighted by Gasteiger charge is -2.12. The Bertz CT molecular complexity index is 712. The summed E-state index contributed by atoms with van der Waals surface area (Å²) < 4.78 is 52.8. The van der Waals surface area contributed by atoms with Gasteiger partial charge >= 0.3 is 0 Å². The topological polar surface area (TPSA) is 36.4 Å². The van der Waals surface area contributed by atoms with Gasteiger partial charge in [0.1, 0.15) is 23.3 Å². The van der Waals surface area contributed by atoms with E-state index >= 15 is 0 Å². The number of guanidine groups is 1. The van der Waals surface area contributed by atoms with Gasteiger partial charge in [-0.1, -0.05) is 0 Å². The van der Waals surface area contributed by atoms with E-state index < -0.39 is 23.3 Å². The second kappa shape index (κ2) is 8.33. The Morgan fingerprint density at radius 3 is 2.29 bits per heavy atom. The maximum absolute atomic E-state index is 13.5. The molecule has 0 heterocycles. The molecule has 0 saturated heterocycles. The van der Waals surface area contributed by atoms with E-state index in [9.17, 15) is 17.6 Å². The summed E-state index contributed by atoms with van der Waals surface area (Å²) in [5.74, 6) is -1.93. The third kappa shape index (κ3) is 5.26. The van der Waals surface area contributed by atoms with Crippen LogP contribution in [0.4, 0.5) is 17.6 Å². The highest BCUT2D eigenvalue weighted by Crippen LogP contribution is 2.09. The SMILES string of the molecule is CN=C(NCCc1cc(F)cc(F)c1)NCc1cc(F)ccc1F. The molecule has 0 saturated carbocycles. The van der Waals surface area contributed by atoms with E-state index in [2.05, 4.69) is 15.6 Å². The van der Waals surface area contributed by atoms with Gasteiger partial charge in [-0.25, -0.2) is 17.6 Å². The van der Waals surface area contributed by atoms with E-state index in [1.54, 1.807) is 0 Å². The number of hydrogen-bond acceptors (Lipinski definition) is 1. The molecule has 0 spiro atoms. The Hall–Kier alpha value is -2.57. The Morgan fingerprint density at radius 1 is 0.917 bits per heavy atom. The summed E-state index contributed by atoms with van der Waals surface area (Å²) in [5, 5.41) is 5.79. The summed E-state index contributed by atoms with van der Waals surface area (Å²) in [5.41, 5.74) is 0.678. The number of rotatable bonds is 5. The summed E-state index contributed by atoms with van der Waals surface area (Å²) in [6.07, 6.45) is 0.379. The maximum Gasteiger partial charge on any atom is 0.191 e. The molecule has 0 aliphatic heterocycles. The summed E-state index contributed by atoms with van der Waals surface area (Å²) in [6.45, 7) is 0.423. The van der Waals surface area contributed by atoms with Gasteiger partial charge in [-0.2, -0.15) is 0 Å². The molecule has 7 heteroatoms. The van der Waals surface area contributed by atoms with Gasteiger partial charge in [0.15, 0.2) is 5.96 Å². The van der Waals surface area contributed by atoms with Gasteiger partial charge in [0, 0.05) is 31.8 Å². The van der Waals surface area contributed by atoms with Crippen molar-refractivity contribution >= 4 is 5.96 Å². The molecule has 0 aromatic heterocycles. The number of nitrogens with one attached hydrogen (secondary N) is 2. The van der Waals surface area contributed by atoms with Crippen LogP contribution in [0.2, 0.25) is 0 Å². The summed E-state index contributed by atoms with van der Waals surface area (Å²) in [7, 11) is 1.53. The van der Waals surface area contributed by atoms with E-state index in [-0.39, 0.29) is 12.1 Å². The third-order valence-electron chi connectivity index (χ3n) is 3.31. The largest absolute Gasteiger partial charge is 0.356 e. The van der Waals surface area contributed by atoms with Crippen molar-refractivity contribution in [1.29, 1.82) is 0 Å². The second-order valence-corrected chi connectivity index (χ2v) is 5.12. The van der Waals surface area contributed by atoms with Gasteiger partial charge in [0.25, 0.3) is 0 Å². The zero-order valence-electron chi connectivity index (χ0n) is 13.0. The van der Waals surface area contributed by atoms with Crippen LogP contribution in [0, 0.1) is 23.3 Å². The van der Waals surface area contributed by atoms with Crippen molar-refractivity contribution < 1.29 is 17.6 Å². The molecule has 0 atom stereocenters. The molecular weight excluding hydrogens is 322 g/mol. The Balaban J connectivity index is 1.85. The van der Waals surface area contributed by atoms with Crippen LogP contribution in [0.3, 0.4) is 0 Å². The smallest absolute Gasteiger partial charge is 0.191 e. The number of halogens is 4. The normalized spacial score (nSPS) is 11.5. The van der Waals surface area contributed by atoms with Crippen LogP contribution >= 0.6 is 0 Å². The highest BCUT2D eigenvalue weighted by Gasteiger charge is 2.06. The Labute approximate surface area is 137 Å². The van der Waals surface area contributed by atoms with Crippen molar-refractivity contribution in [1.82, 2.24) is 10.6 Å². The minimum Gasteiger partial charge on any atom is -0.356 e. The minimum absolute atomic E-state index is 0.0534. The van der Waals surface area contributed by atoms with E-state index in [0.29, 0.717) is 24.5 Å². The number of nitrogens with zero attached hydrogens (tertiary/aromatic N) is 1. The first kappa shape index (κ1) is 17.8. The van der Waals surface area contributed by atoms with Gasteiger partial charge in [-0.05, 0) is 42.3 Å². The second-order valence-electron chi connectivity index (χ2n) is 5.12. The maximum atomic E-state index is 13.5. The molecular formula is C17H17F4N3. The monoisotopic (exact) mass is 339 g/mol. The van der Waals surface area contributed by atoms with Crippen molar-refractivity contribution in [2.45, 2.75) is 13.0 Å². The van der Waals surface area contributed by atoms with Crippen LogP contribution < -0.4 is 10.6 Å². The van der Waals surface area contributed by atoms with Crippen molar-refractivity contribution in [3.63, 3.8) is 0 Å². The van der Waals surface area contributed by atoms with Crippen LogP contribution in [0.1, 0.15) is 11.1 Å². The Morgan fingerprint density at radius 2 is 1.62 bits per heavy atom. The van der Waals surface area contributed by atoms with Gasteiger partial charge in [0.05, 0.1) is 0 Å². The third-order valence-corrected chi connectivity index (χ3v) is 3.31. The molecule has 128 valence electrons. The highest BCUT2D eigenvalue weighted by atomic mass is 19.1. The van der Waals surface area contributed by atoms with Crippen molar-refractivity contribution in [3.05, 3.63) is 70.8 Å². The molecule has 0 unspecified atom stereocenters. The number of benzene rings is 2. The Kier molecular flexibility index (Phi) is 6.17. The number of aliphatic imine (C=N–C) groups is 1. The summed E-state index contributed by atoms with van der Waals surface area (Å²) >= 11 is 0. The zero-order chi connectivity index (χ0) is 17.5. The van der Waals surface area contributed by atoms with E-state index in [1.807, 2.05) is 0 Å². The summed E-state index contributed by atoms with van der Waals surface area (Å²) in [6, 6.07) is 6.52. The molecule has 2 rings (SSSR count).